The van der Waals surface area contributed by atoms with Crippen molar-refractivity contribution >= 4 is 11.9 Å². The minimum absolute atomic E-state index is 0.118. The van der Waals surface area contributed by atoms with Gasteiger partial charge < -0.3 is 10.4 Å². The maximum atomic E-state index is 10.5. The zero-order chi connectivity index (χ0) is 12.0. The van der Waals surface area contributed by atoms with Crippen LogP contribution in [0.1, 0.15) is 23.0 Å². The lowest BCUT2D eigenvalue weighted by atomic mass is 10.2. The molecular weight excluding hydrogens is 208 g/mol. The van der Waals surface area contributed by atoms with Crippen LogP contribution in [0.5, 0.6) is 0 Å². The van der Waals surface area contributed by atoms with Crippen molar-refractivity contribution in [1.82, 2.24) is 10.3 Å². The summed E-state index contributed by atoms with van der Waals surface area (Å²) in [5, 5.41) is 11.1. The third kappa shape index (κ3) is 3.80. The number of amides is 1. The average Bonchev–Trinajstić information content (AvgIpc) is 2.25. The van der Waals surface area contributed by atoms with Crippen molar-refractivity contribution in [3.05, 3.63) is 29.6 Å². The third-order valence-corrected chi connectivity index (χ3v) is 1.65. The van der Waals surface area contributed by atoms with Crippen molar-refractivity contribution in [2.45, 2.75) is 6.92 Å². The minimum Gasteiger partial charge on any atom is -0.478 e. The van der Waals surface area contributed by atoms with Crippen molar-refractivity contribution in [2.75, 3.05) is 6.54 Å². The molecule has 0 aliphatic heterocycles. The second-order valence-corrected chi connectivity index (χ2v) is 2.95. The van der Waals surface area contributed by atoms with E-state index in [1.54, 1.807) is 0 Å². The van der Waals surface area contributed by atoms with Gasteiger partial charge in [0.1, 0.15) is 5.69 Å². The van der Waals surface area contributed by atoms with Gasteiger partial charge in [0, 0.05) is 13.1 Å². The summed E-state index contributed by atoms with van der Waals surface area (Å²) >= 11 is 0. The molecule has 16 heavy (non-hydrogen) atoms. The van der Waals surface area contributed by atoms with Gasteiger partial charge in [0.15, 0.2) is 0 Å². The maximum Gasteiger partial charge on any atom is 0.337 e. The van der Waals surface area contributed by atoms with Crippen LogP contribution in [-0.4, -0.2) is 28.5 Å². The zero-order valence-corrected chi connectivity index (χ0v) is 8.65. The smallest absolute Gasteiger partial charge is 0.337 e. The van der Waals surface area contributed by atoms with Crippen LogP contribution < -0.4 is 5.32 Å². The minimum atomic E-state index is -1.02. The summed E-state index contributed by atoms with van der Waals surface area (Å²) in [6.45, 7) is 1.65. The molecule has 1 amide bonds. The number of aromatic carboxylic acids is 1. The highest BCUT2D eigenvalue weighted by atomic mass is 16.4. The lowest BCUT2D eigenvalue weighted by Crippen LogP contribution is -2.19. The van der Waals surface area contributed by atoms with Gasteiger partial charge in [-0.05, 0) is 18.1 Å². The summed E-state index contributed by atoms with van der Waals surface area (Å²) in [7, 11) is 0. The van der Waals surface area contributed by atoms with Gasteiger partial charge in [-0.3, -0.25) is 4.79 Å². The molecule has 82 valence electrons. The van der Waals surface area contributed by atoms with Crippen molar-refractivity contribution < 1.29 is 14.7 Å². The van der Waals surface area contributed by atoms with E-state index < -0.39 is 5.97 Å². The van der Waals surface area contributed by atoms with E-state index in [-0.39, 0.29) is 18.0 Å². The van der Waals surface area contributed by atoms with E-state index >= 15 is 0 Å². The Balaban J connectivity index is 2.61. The van der Waals surface area contributed by atoms with Gasteiger partial charge in [0.25, 0.3) is 0 Å². The maximum absolute atomic E-state index is 10.5. The van der Waals surface area contributed by atoms with Gasteiger partial charge >= 0.3 is 5.97 Å². The molecule has 5 heteroatoms. The van der Waals surface area contributed by atoms with E-state index in [1.165, 1.54) is 25.3 Å². The van der Waals surface area contributed by atoms with Crippen LogP contribution in [0.25, 0.3) is 0 Å². The third-order valence-electron chi connectivity index (χ3n) is 1.65. The summed E-state index contributed by atoms with van der Waals surface area (Å²) in [5.74, 6) is 4.21. The number of carboxylic acids is 1. The molecule has 0 aliphatic rings. The van der Waals surface area contributed by atoms with Crippen LogP contribution >= 0.6 is 0 Å². The first-order valence-electron chi connectivity index (χ1n) is 4.52. The Morgan fingerprint density at radius 3 is 2.75 bits per heavy atom. The number of pyridine rings is 1. The fourth-order valence-corrected chi connectivity index (χ4v) is 0.898. The topological polar surface area (TPSA) is 79.3 Å². The van der Waals surface area contributed by atoms with Gasteiger partial charge in [0.2, 0.25) is 5.91 Å². The lowest BCUT2D eigenvalue weighted by Gasteiger charge is -1.93. The second kappa shape index (κ2) is 5.51. The quantitative estimate of drug-likeness (QED) is 0.698. The summed E-state index contributed by atoms with van der Waals surface area (Å²) in [6, 6.07) is 2.95. The Bertz CT molecular complexity index is 454. The van der Waals surface area contributed by atoms with Crippen LogP contribution in [0.2, 0.25) is 0 Å². The number of carbonyl (C=O) groups is 2. The van der Waals surface area contributed by atoms with Crippen LogP contribution in [0.4, 0.5) is 0 Å². The second-order valence-electron chi connectivity index (χ2n) is 2.95. The van der Waals surface area contributed by atoms with Gasteiger partial charge in [-0.1, -0.05) is 5.92 Å². The molecule has 0 aromatic carbocycles. The summed E-state index contributed by atoms with van der Waals surface area (Å²) < 4.78 is 0. The zero-order valence-electron chi connectivity index (χ0n) is 8.65. The number of nitrogens with one attached hydrogen (secondary N) is 1. The Labute approximate surface area is 92.5 Å². The summed E-state index contributed by atoms with van der Waals surface area (Å²) in [4.78, 5) is 24.9. The highest BCUT2D eigenvalue weighted by Crippen LogP contribution is 1.98. The van der Waals surface area contributed by atoms with Crippen molar-refractivity contribution in [3.63, 3.8) is 0 Å². The van der Waals surface area contributed by atoms with E-state index in [1.807, 2.05) is 0 Å². The predicted molar refractivity (Wildman–Crippen MR) is 56.8 cm³/mol. The van der Waals surface area contributed by atoms with Crippen LogP contribution in [-0.2, 0) is 4.79 Å². The van der Waals surface area contributed by atoms with Gasteiger partial charge in [-0.25, -0.2) is 9.78 Å². The van der Waals surface area contributed by atoms with Gasteiger partial charge in [0.05, 0.1) is 12.1 Å². The first-order valence-corrected chi connectivity index (χ1v) is 4.52. The monoisotopic (exact) mass is 218 g/mol. The first kappa shape index (κ1) is 11.7. The number of carbonyl (C=O) groups excluding carboxylic acids is 1. The van der Waals surface area contributed by atoms with E-state index in [0.29, 0.717) is 5.69 Å². The fraction of sp³-hybridized carbons (Fsp3) is 0.182. The first-order chi connectivity index (χ1) is 7.59. The number of nitrogens with zero attached hydrogens (tertiary/aromatic N) is 1. The van der Waals surface area contributed by atoms with E-state index in [4.69, 9.17) is 5.11 Å². The van der Waals surface area contributed by atoms with Gasteiger partial charge in [-0.15, -0.1) is 0 Å². The van der Waals surface area contributed by atoms with Crippen molar-refractivity contribution in [1.29, 1.82) is 0 Å². The number of aromatic nitrogens is 1. The summed E-state index contributed by atoms with van der Waals surface area (Å²) in [5.41, 5.74) is 0.586. The van der Waals surface area contributed by atoms with Crippen LogP contribution in [0, 0.1) is 11.8 Å². The Morgan fingerprint density at radius 2 is 2.25 bits per heavy atom. The Morgan fingerprint density at radius 1 is 1.50 bits per heavy atom. The summed E-state index contributed by atoms with van der Waals surface area (Å²) in [6.07, 6.45) is 1.24. The molecule has 0 unspecified atom stereocenters. The highest BCUT2D eigenvalue weighted by molar-refractivity contribution is 5.87. The van der Waals surface area contributed by atoms with E-state index in [0.717, 1.165) is 0 Å². The molecule has 0 atom stereocenters. The largest absolute Gasteiger partial charge is 0.478 e. The molecule has 1 rings (SSSR count). The Hall–Kier alpha value is -2.35. The number of carboxylic acid groups (broad SMARTS) is 1. The average molecular weight is 218 g/mol. The molecule has 5 nitrogen and oxygen atoms in total. The molecule has 0 fully saturated rings. The number of rotatable bonds is 2. The van der Waals surface area contributed by atoms with E-state index in [2.05, 4.69) is 22.1 Å². The molecule has 2 N–H and O–H groups in total. The van der Waals surface area contributed by atoms with Gasteiger partial charge in [-0.2, -0.15) is 0 Å². The molecule has 1 aromatic rings. The predicted octanol–water partition coefficient (Wildman–Crippen LogP) is 0.267. The van der Waals surface area contributed by atoms with E-state index in [9.17, 15) is 9.59 Å². The molecule has 0 saturated carbocycles. The number of hydrogen-bond donors (Lipinski definition) is 2. The van der Waals surface area contributed by atoms with Crippen molar-refractivity contribution in [3.8, 4) is 11.8 Å². The molecule has 0 aliphatic carbocycles. The standard InChI is InChI=1S/C11H10N2O3/c1-8(14)12-6-2-3-10-5-4-9(7-13-10)11(15)16/h4-5,7H,6H2,1H3,(H,12,14)(H,15,16). The van der Waals surface area contributed by atoms with Crippen LogP contribution in [0.3, 0.4) is 0 Å². The SMILES string of the molecule is CC(=O)NCC#Cc1ccc(C(=O)O)cn1. The lowest BCUT2D eigenvalue weighted by molar-refractivity contribution is -0.118. The molecule has 1 heterocycles. The molecule has 0 spiro atoms. The van der Waals surface area contributed by atoms with Crippen LogP contribution in [0.15, 0.2) is 18.3 Å². The number of hydrogen-bond acceptors (Lipinski definition) is 3. The normalized spacial score (nSPS) is 8.81. The Kier molecular flexibility index (Phi) is 4.04. The molecule has 0 radical (unpaired) electrons. The fourth-order valence-electron chi connectivity index (χ4n) is 0.898. The van der Waals surface area contributed by atoms with Crippen molar-refractivity contribution in [2.24, 2.45) is 0 Å². The molecule has 0 saturated heterocycles. The molecule has 0 bridgehead atoms. The molecular formula is C11H10N2O3. The highest BCUT2D eigenvalue weighted by Gasteiger charge is 2.00. The molecule has 1 aromatic heterocycles.